The third-order valence-electron chi connectivity index (χ3n) is 7.76. The summed E-state index contributed by atoms with van der Waals surface area (Å²) in [6.45, 7) is 4.37. The smallest absolute Gasteiger partial charge is 0.157 e. The van der Waals surface area contributed by atoms with Crippen LogP contribution in [-0.2, 0) is 6.42 Å². The lowest BCUT2D eigenvalue weighted by Gasteiger charge is -2.36. The van der Waals surface area contributed by atoms with Gasteiger partial charge in [0.1, 0.15) is 23.4 Å². The van der Waals surface area contributed by atoms with E-state index in [1.807, 2.05) is 12.5 Å². The fourth-order valence-corrected chi connectivity index (χ4v) is 7.25. The number of phenols is 4. The number of aliphatic hydroxyl groups is 1. The summed E-state index contributed by atoms with van der Waals surface area (Å²) in [5, 5.41) is 54.3. The number of unbranched alkanes of at least 4 members (excludes halogenated alkanes) is 6. The molecule has 0 radical (unpaired) electrons. The van der Waals surface area contributed by atoms with Crippen LogP contribution in [0.3, 0.4) is 0 Å². The van der Waals surface area contributed by atoms with Crippen molar-refractivity contribution in [1.29, 1.82) is 0 Å². The van der Waals surface area contributed by atoms with Crippen LogP contribution < -0.4 is 4.74 Å². The maximum absolute atomic E-state index is 11.8. The highest BCUT2D eigenvalue weighted by Crippen LogP contribution is 2.56. The van der Waals surface area contributed by atoms with Gasteiger partial charge in [0, 0.05) is 33.6 Å². The normalized spacial score (nSPS) is 18.4. The van der Waals surface area contributed by atoms with Crippen LogP contribution in [-0.4, -0.2) is 44.1 Å². The highest BCUT2D eigenvalue weighted by molar-refractivity contribution is 7.99. The minimum Gasteiger partial charge on any atom is -0.507 e. The second-order valence-corrected chi connectivity index (χ2v) is 12.6. The molecule has 1 aliphatic rings. The summed E-state index contributed by atoms with van der Waals surface area (Å²) in [4.78, 5) is 0. The zero-order valence-corrected chi connectivity index (χ0v) is 25.4. The molecule has 5 N–H and O–H groups in total. The molecule has 4 atom stereocenters. The third kappa shape index (κ3) is 7.44. The molecule has 8 heteroatoms. The average Bonchev–Trinajstić information content (AvgIpc) is 2.92. The van der Waals surface area contributed by atoms with E-state index in [9.17, 15) is 25.5 Å². The van der Waals surface area contributed by atoms with Gasteiger partial charge in [0.05, 0.1) is 6.10 Å². The van der Waals surface area contributed by atoms with E-state index in [4.69, 9.17) is 4.74 Å². The summed E-state index contributed by atoms with van der Waals surface area (Å²) in [5.41, 5.74) is 2.29. The van der Waals surface area contributed by atoms with Crippen LogP contribution in [0.25, 0.3) is 0 Å². The number of benzene rings is 2. The zero-order valence-electron chi connectivity index (χ0n) is 23.8. The molecular weight excluding hydrogens is 532 g/mol. The molecule has 2 aromatic rings. The van der Waals surface area contributed by atoms with Gasteiger partial charge in [-0.1, -0.05) is 71.3 Å². The Kier molecular flexibility index (Phi) is 12.3. The van der Waals surface area contributed by atoms with E-state index < -0.39 is 12.2 Å². The standard InChI is InChI=1S/C31H46O6S2/c1-5-7-9-11-13-24(38-3)26-28(35)20-18-23(34)30(19-15-16-21(32)22(33)17-19)37-31(20)27(29(26)36)25(39-4)14-12-10-8-6-2/h15-17,23-25,30,32-36H,5-14,18H2,1-4H3/t23-,24?,25?,30+/m0/s1. The zero-order chi connectivity index (χ0) is 28.5. The molecule has 0 bridgehead atoms. The molecule has 0 amide bonds. The van der Waals surface area contributed by atoms with Gasteiger partial charge in [0.25, 0.3) is 0 Å². The predicted molar refractivity (Wildman–Crippen MR) is 163 cm³/mol. The number of aliphatic hydroxyl groups excluding tert-OH is 1. The van der Waals surface area contributed by atoms with Crippen molar-refractivity contribution in [3.63, 3.8) is 0 Å². The minimum atomic E-state index is -0.979. The first-order chi connectivity index (χ1) is 18.8. The topological polar surface area (TPSA) is 110 Å². The second kappa shape index (κ2) is 15.2. The van der Waals surface area contributed by atoms with E-state index in [1.165, 1.54) is 12.1 Å². The van der Waals surface area contributed by atoms with E-state index in [0.29, 0.717) is 28.0 Å². The van der Waals surface area contributed by atoms with Crippen molar-refractivity contribution in [2.75, 3.05) is 12.5 Å². The molecule has 39 heavy (non-hydrogen) atoms. The minimum absolute atomic E-state index is 0.0120. The largest absolute Gasteiger partial charge is 0.507 e. The van der Waals surface area contributed by atoms with Gasteiger partial charge in [-0.05, 0) is 43.0 Å². The van der Waals surface area contributed by atoms with Crippen molar-refractivity contribution in [3.8, 4) is 28.7 Å². The first-order valence-electron chi connectivity index (χ1n) is 14.3. The van der Waals surface area contributed by atoms with Crippen molar-refractivity contribution in [2.24, 2.45) is 0 Å². The summed E-state index contributed by atoms with van der Waals surface area (Å²) in [7, 11) is 0. The Labute approximate surface area is 242 Å². The monoisotopic (exact) mass is 578 g/mol. The van der Waals surface area contributed by atoms with E-state index in [2.05, 4.69) is 13.8 Å². The van der Waals surface area contributed by atoms with Gasteiger partial charge in [0.2, 0.25) is 0 Å². The van der Waals surface area contributed by atoms with Crippen LogP contribution in [0.5, 0.6) is 28.7 Å². The molecule has 0 saturated carbocycles. The van der Waals surface area contributed by atoms with Gasteiger partial charge < -0.3 is 30.3 Å². The molecule has 0 aromatic heterocycles. The first kappa shape index (κ1) is 31.6. The van der Waals surface area contributed by atoms with E-state index >= 15 is 0 Å². The molecule has 1 aliphatic heterocycles. The molecule has 0 fully saturated rings. The molecule has 1 heterocycles. The van der Waals surface area contributed by atoms with Gasteiger partial charge in [-0.15, -0.1) is 0 Å². The molecule has 218 valence electrons. The molecule has 3 rings (SSSR count). The summed E-state index contributed by atoms with van der Waals surface area (Å²) < 4.78 is 6.43. The molecule has 2 unspecified atom stereocenters. The van der Waals surface area contributed by atoms with E-state index in [1.54, 1.807) is 29.6 Å². The SMILES string of the molecule is CCCCCCC(SC)c1c(O)c2c(c(C(CCCCCC)SC)c1O)O[C@H](c1ccc(O)c(O)c1)[C@@H](O)C2. The number of aromatic hydroxyl groups is 4. The summed E-state index contributed by atoms with van der Waals surface area (Å²) in [6.07, 6.45) is 13.0. The Morgan fingerprint density at radius 1 is 0.795 bits per heavy atom. The maximum atomic E-state index is 11.8. The average molecular weight is 579 g/mol. The van der Waals surface area contributed by atoms with Crippen molar-refractivity contribution in [2.45, 2.75) is 107 Å². The predicted octanol–water partition coefficient (Wildman–Crippen LogP) is 8.30. The number of phenolic OH excluding ortho intramolecular Hbond substituents is 4. The Balaban J connectivity index is 2.10. The van der Waals surface area contributed by atoms with E-state index in [-0.39, 0.29) is 39.9 Å². The summed E-state index contributed by atoms with van der Waals surface area (Å²) >= 11 is 3.30. The van der Waals surface area contributed by atoms with Crippen LogP contribution in [0.4, 0.5) is 0 Å². The fraction of sp³-hybridized carbons (Fsp3) is 0.613. The lowest BCUT2D eigenvalue weighted by Crippen LogP contribution is -2.31. The van der Waals surface area contributed by atoms with Crippen LogP contribution in [0.2, 0.25) is 0 Å². The molecule has 6 nitrogen and oxygen atoms in total. The Hall–Kier alpha value is -1.90. The number of fused-ring (bicyclic) bond motifs is 1. The van der Waals surface area contributed by atoms with Gasteiger partial charge in [0.15, 0.2) is 11.5 Å². The second-order valence-electron chi connectivity index (χ2n) is 10.5. The summed E-state index contributed by atoms with van der Waals surface area (Å²) in [5.74, 6) is -0.00398. The lowest BCUT2D eigenvalue weighted by molar-refractivity contribution is 0.0188. The Bertz CT molecular complexity index is 1080. The van der Waals surface area contributed by atoms with Crippen molar-refractivity contribution in [1.82, 2.24) is 0 Å². The van der Waals surface area contributed by atoms with Crippen LogP contribution in [0.15, 0.2) is 18.2 Å². The van der Waals surface area contributed by atoms with Crippen molar-refractivity contribution < 1.29 is 30.3 Å². The first-order valence-corrected chi connectivity index (χ1v) is 16.9. The molecule has 0 aliphatic carbocycles. The number of thioether (sulfide) groups is 2. The number of hydrogen-bond acceptors (Lipinski definition) is 8. The third-order valence-corrected chi connectivity index (χ3v) is 9.84. The Morgan fingerprint density at radius 3 is 1.92 bits per heavy atom. The van der Waals surface area contributed by atoms with Gasteiger partial charge in [-0.25, -0.2) is 0 Å². The van der Waals surface area contributed by atoms with E-state index in [0.717, 1.165) is 64.2 Å². The quantitative estimate of drug-likeness (QED) is 0.106. The van der Waals surface area contributed by atoms with Crippen LogP contribution in [0.1, 0.15) is 117 Å². The summed E-state index contributed by atoms with van der Waals surface area (Å²) in [6, 6.07) is 4.37. The van der Waals surface area contributed by atoms with Gasteiger partial charge in [-0.2, -0.15) is 23.5 Å². The van der Waals surface area contributed by atoms with Crippen LogP contribution in [0, 0.1) is 0 Å². The molecule has 0 spiro atoms. The number of ether oxygens (including phenoxy) is 1. The lowest BCUT2D eigenvalue weighted by atomic mass is 9.87. The molecule has 2 aromatic carbocycles. The highest BCUT2D eigenvalue weighted by Gasteiger charge is 2.39. The number of rotatable bonds is 15. The van der Waals surface area contributed by atoms with Crippen molar-refractivity contribution in [3.05, 3.63) is 40.5 Å². The van der Waals surface area contributed by atoms with Gasteiger partial charge in [-0.3, -0.25) is 0 Å². The molecule has 0 saturated heterocycles. The molecular formula is C31H46O6S2. The maximum Gasteiger partial charge on any atom is 0.157 e. The highest BCUT2D eigenvalue weighted by atomic mass is 32.2. The fourth-order valence-electron chi connectivity index (χ4n) is 5.53. The number of hydrogen-bond donors (Lipinski definition) is 5. The van der Waals surface area contributed by atoms with Crippen LogP contribution >= 0.6 is 23.5 Å². The van der Waals surface area contributed by atoms with Crippen molar-refractivity contribution >= 4 is 23.5 Å². The van der Waals surface area contributed by atoms with Gasteiger partial charge >= 0.3 is 0 Å². The Morgan fingerprint density at radius 2 is 1.38 bits per heavy atom.